The maximum absolute atomic E-state index is 3.50. The van der Waals surface area contributed by atoms with Gasteiger partial charge in [-0.1, -0.05) is 0 Å². The molecule has 2 aromatic rings. The van der Waals surface area contributed by atoms with E-state index in [0.717, 1.165) is 0 Å². The summed E-state index contributed by atoms with van der Waals surface area (Å²) in [7, 11) is 0. The molecule has 0 atom stereocenters. The van der Waals surface area contributed by atoms with Crippen molar-refractivity contribution < 1.29 is 27.2 Å². The van der Waals surface area contributed by atoms with Crippen LogP contribution in [0.3, 0.4) is 0 Å². The molecule has 2 aromatic heterocycles. The number of aromatic nitrogens is 2. The third-order valence-corrected chi connectivity index (χ3v) is 26.0. The average molecular weight is 601 g/mol. The molecule has 0 saturated carbocycles. The Labute approximate surface area is 193 Å². The number of rotatable bonds is 9. The summed E-state index contributed by atoms with van der Waals surface area (Å²) in [6.07, 6.45) is 16.9. The molecule has 0 unspecified atom stereocenters. The van der Waals surface area contributed by atoms with Crippen LogP contribution in [0, 0.1) is 0 Å². The van der Waals surface area contributed by atoms with Crippen LogP contribution in [0.25, 0.3) is 0 Å². The van der Waals surface area contributed by atoms with Crippen molar-refractivity contribution in [1.29, 1.82) is 0 Å². The van der Waals surface area contributed by atoms with E-state index in [9.17, 15) is 0 Å². The summed E-state index contributed by atoms with van der Waals surface area (Å²) < 4.78 is 7.86. The Hall–Kier alpha value is -1.23. The summed E-state index contributed by atoms with van der Waals surface area (Å²) in [6, 6.07) is 8.71. The standard InChI is InChI=1S/2C5H7.2C4H4N.3C2H5.3CH3.2Ru/c2*1-3-5-4-2;2*1-2-4-5-3-1;3*1-2;;;;;/h2*1,3-5H,2H3;2*1-3,5H;3*1H2,2H3;3*1H3;;. The molecule has 0 amide bonds. The van der Waals surface area contributed by atoms with Crippen LogP contribution in [0.5, 0.6) is 0 Å². The number of hydrogen-bond donors (Lipinski definition) is 2. The molecule has 180 valence electrons. The van der Waals surface area contributed by atoms with Gasteiger partial charge in [0.05, 0.1) is 0 Å². The third-order valence-electron chi connectivity index (χ3n) is 5.63. The van der Waals surface area contributed by atoms with E-state index in [0.29, 0.717) is 0 Å². The molecule has 0 bridgehead atoms. The predicted octanol–water partition coefficient (Wildman–Crippen LogP) is 8.30. The number of hydrogen-bond acceptors (Lipinski definition) is 0. The minimum atomic E-state index is -2.49. The molecule has 2 nitrogen and oxygen atoms in total. The van der Waals surface area contributed by atoms with Gasteiger partial charge in [-0.3, -0.25) is 0 Å². The molecule has 4 heteroatoms. The molecular formula is C27H46N2Ru2. The first-order chi connectivity index (χ1) is 14.6. The molecular weight excluding hydrogens is 554 g/mol. The molecule has 0 radical (unpaired) electrons. The van der Waals surface area contributed by atoms with E-state index in [1.54, 1.807) is 0 Å². The van der Waals surface area contributed by atoms with Crippen molar-refractivity contribution in [2.45, 2.75) is 66.2 Å². The Bertz CT molecular complexity index is 859. The molecule has 2 rings (SSSR count). The zero-order chi connectivity index (χ0) is 23.5. The molecule has 0 spiro atoms. The van der Waals surface area contributed by atoms with Crippen molar-refractivity contribution in [2.75, 3.05) is 0 Å². The SMILES string of the molecule is CC=CC=[CH][Ru]([CH2]C)([CH2]C)([CH2]C)[c]1ccc[nH]1.CC=CC=[CH][Ru]([CH3])([CH3])([CH3])[c]1ccc[nH]1. The fourth-order valence-electron chi connectivity index (χ4n) is 3.33. The minimum absolute atomic E-state index is 1.29. The zero-order valence-corrected chi connectivity index (χ0v) is 24.4. The van der Waals surface area contributed by atoms with Gasteiger partial charge in [0.2, 0.25) is 0 Å². The van der Waals surface area contributed by atoms with Crippen molar-refractivity contribution in [3.63, 3.8) is 0 Å². The molecule has 0 aromatic carbocycles. The van der Waals surface area contributed by atoms with Crippen molar-refractivity contribution in [3.05, 3.63) is 82.5 Å². The number of H-pyrrole nitrogens is 2. The fraction of sp³-hybridized carbons (Fsp3) is 0.407. The van der Waals surface area contributed by atoms with E-state index in [2.05, 4.69) is 130 Å². The molecule has 0 aliphatic carbocycles. The van der Waals surface area contributed by atoms with Crippen LogP contribution in [0.2, 0.25) is 31.6 Å². The first-order valence-corrected chi connectivity index (χ1v) is 23.5. The van der Waals surface area contributed by atoms with Crippen LogP contribution in [-0.4, -0.2) is 9.97 Å². The van der Waals surface area contributed by atoms with Crippen LogP contribution in [0.4, 0.5) is 0 Å². The van der Waals surface area contributed by atoms with Gasteiger partial charge in [-0.25, -0.2) is 0 Å². The van der Waals surface area contributed by atoms with Crippen molar-refractivity contribution in [2.24, 2.45) is 0 Å². The van der Waals surface area contributed by atoms with E-state index in [-0.39, 0.29) is 0 Å². The van der Waals surface area contributed by atoms with Gasteiger partial charge < -0.3 is 0 Å². The van der Waals surface area contributed by atoms with Crippen LogP contribution in [0.1, 0.15) is 34.6 Å². The fourth-order valence-corrected chi connectivity index (χ4v) is 16.2. The predicted molar refractivity (Wildman–Crippen MR) is 138 cm³/mol. The van der Waals surface area contributed by atoms with Gasteiger partial charge in [-0.2, -0.15) is 0 Å². The quantitative estimate of drug-likeness (QED) is 0.214. The van der Waals surface area contributed by atoms with Crippen LogP contribution in [-0.2, 0) is 27.2 Å². The van der Waals surface area contributed by atoms with Gasteiger partial charge in [0.1, 0.15) is 0 Å². The second-order valence-corrected chi connectivity index (χ2v) is 33.3. The molecule has 0 fully saturated rings. The van der Waals surface area contributed by atoms with Crippen molar-refractivity contribution >= 4 is 8.58 Å². The van der Waals surface area contributed by atoms with E-state index in [1.807, 2.05) is 13.1 Å². The first-order valence-electron chi connectivity index (χ1n) is 10.8. The zero-order valence-electron chi connectivity index (χ0n) is 20.9. The summed E-state index contributed by atoms with van der Waals surface area (Å²) in [5.41, 5.74) is 7.18. The summed E-state index contributed by atoms with van der Waals surface area (Å²) in [5, 5.41) is 3.87. The Morgan fingerprint density at radius 2 is 1.13 bits per heavy atom. The number of nitrogens with one attached hydrogen (secondary N) is 2. The van der Waals surface area contributed by atoms with Gasteiger partial charge in [-0.15, -0.1) is 0 Å². The Balaban J connectivity index is 0.000000316. The van der Waals surface area contributed by atoms with Gasteiger partial charge in [-0.05, 0) is 0 Å². The van der Waals surface area contributed by atoms with Gasteiger partial charge in [0.15, 0.2) is 0 Å². The van der Waals surface area contributed by atoms with Gasteiger partial charge >= 0.3 is 194 Å². The molecule has 0 aliphatic heterocycles. The molecule has 31 heavy (non-hydrogen) atoms. The van der Waals surface area contributed by atoms with Crippen LogP contribution < -0.4 is 8.58 Å². The summed E-state index contributed by atoms with van der Waals surface area (Å²) >= 11 is -4.85. The topological polar surface area (TPSA) is 31.6 Å². The summed E-state index contributed by atoms with van der Waals surface area (Å²) in [6.45, 7) is 11.2. The Morgan fingerprint density at radius 1 is 0.677 bits per heavy atom. The summed E-state index contributed by atoms with van der Waals surface area (Å²) in [4.78, 5) is 6.85. The first kappa shape index (κ1) is 27.8. The number of aromatic amines is 2. The summed E-state index contributed by atoms with van der Waals surface area (Å²) in [5.74, 6) is 0. The maximum atomic E-state index is 3.50. The molecule has 0 saturated heterocycles. The third kappa shape index (κ3) is 6.87. The van der Waals surface area contributed by atoms with Crippen molar-refractivity contribution in [3.8, 4) is 0 Å². The molecule has 0 aliphatic rings. The van der Waals surface area contributed by atoms with E-state index >= 15 is 0 Å². The van der Waals surface area contributed by atoms with Gasteiger partial charge in [0.25, 0.3) is 0 Å². The van der Waals surface area contributed by atoms with Gasteiger partial charge in [0, 0.05) is 0 Å². The van der Waals surface area contributed by atoms with Crippen molar-refractivity contribution in [1.82, 2.24) is 9.97 Å². The van der Waals surface area contributed by atoms with Crippen LogP contribution in [0.15, 0.2) is 82.5 Å². The van der Waals surface area contributed by atoms with Crippen LogP contribution >= 0.6 is 0 Å². The van der Waals surface area contributed by atoms with E-state index in [1.165, 1.54) is 23.6 Å². The molecule has 2 heterocycles. The second kappa shape index (κ2) is 11.6. The van der Waals surface area contributed by atoms with E-state index < -0.39 is 27.2 Å². The Kier molecular flexibility index (Phi) is 10.4. The molecule has 2 N–H and O–H groups in total. The normalized spacial score (nSPS) is 15.7. The Morgan fingerprint density at radius 3 is 1.52 bits per heavy atom. The number of allylic oxidation sites excluding steroid dienone is 6. The monoisotopic (exact) mass is 602 g/mol. The van der Waals surface area contributed by atoms with E-state index in [4.69, 9.17) is 0 Å². The second-order valence-electron chi connectivity index (χ2n) is 8.18. The average Bonchev–Trinajstić information content (AvgIpc) is 3.48.